The molecule has 26 heavy (non-hydrogen) atoms. The molecule has 1 aliphatic rings. The zero-order valence-corrected chi connectivity index (χ0v) is 14.9. The van der Waals surface area contributed by atoms with E-state index in [4.69, 9.17) is 5.11 Å². The van der Waals surface area contributed by atoms with Crippen LogP contribution in [0.1, 0.15) is 26.7 Å². The van der Waals surface area contributed by atoms with Gasteiger partial charge in [0.2, 0.25) is 0 Å². The van der Waals surface area contributed by atoms with Gasteiger partial charge in [0.15, 0.2) is 0 Å². The number of hydrogen-bond acceptors (Lipinski definition) is 6. The third-order valence-electron chi connectivity index (χ3n) is 4.94. The number of carboxylic acid groups (broad SMARTS) is 4. The van der Waals surface area contributed by atoms with E-state index in [1.807, 2.05) is 0 Å². The molecule has 1 saturated heterocycles. The van der Waals surface area contributed by atoms with E-state index < -0.39 is 41.3 Å². The lowest BCUT2D eigenvalue weighted by Crippen LogP contribution is -2.49. The summed E-state index contributed by atoms with van der Waals surface area (Å²) in [5.74, 6) is -5.17. The third kappa shape index (κ3) is 6.26. The van der Waals surface area contributed by atoms with Crippen LogP contribution in [-0.2, 0) is 19.2 Å². The highest BCUT2D eigenvalue weighted by molar-refractivity contribution is 5.73. The van der Waals surface area contributed by atoms with Crippen molar-refractivity contribution in [1.29, 1.82) is 0 Å². The Labute approximate surface area is 151 Å². The summed E-state index contributed by atoms with van der Waals surface area (Å²) in [5.41, 5.74) is -0.896. The summed E-state index contributed by atoms with van der Waals surface area (Å²) in [5, 5.41) is 36.7. The average Bonchev–Trinajstić information content (AvgIpc) is 2.64. The second kappa shape index (κ2) is 8.95. The van der Waals surface area contributed by atoms with E-state index >= 15 is 0 Å². The molecule has 0 aromatic carbocycles. The smallest absolute Gasteiger partial charge is 0.320 e. The Balaban J connectivity index is 3.21. The summed E-state index contributed by atoms with van der Waals surface area (Å²) in [6, 6.07) is -0.852. The fraction of sp³-hybridized carbons (Fsp3) is 0.750. The van der Waals surface area contributed by atoms with Crippen molar-refractivity contribution < 1.29 is 39.6 Å². The molecule has 1 aliphatic heterocycles. The number of hydrogen-bond donors (Lipinski definition) is 4. The average molecular weight is 374 g/mol. The highest BCUT2D eigenvalue weighted by Gasteiger charge is 2.43. The molecule has 2 atom stereocenters. The van der Waals surface area contributed by atoms with Gasteiger partial charge in [0.05, 0.1) is 6.54 Å². The van der Waals surface area contributed by atoms with E-state index in [1.54, 1.807) is 16.7 Å². The molecule has 0 saturated carbocycles. The molecule has 0 spiro atoms. The van der Waals surface area contributed by atoms with E-state index in [9.17, 15) is 34.5 Å². The standard InChI is InChI=1S/C16H26N2O8/c1-10(15(25)26)18-4-3-17(7-14(23)24)8-16(2,9-18)11(5-12(19)20)6-13(21)22/h10-11H,3-9H2,1-2H3,(H,19,20)(H,21,22)(H,23,24)(H,25,26). The van der Waals surface area contributed by atoms with Gasteiger partial charge in [-0.15, -0.1) is 0 Å². The molecule has 2 unspecified atom stereocenters. The van der Waals surface area contributed by atoms with Gasteiger partial charge in [0.25, 0.3) is 0 Å². The summed E-state index contributed by atoms with van der Waals surface area (Å²) in [7, 11) is 0. The zero-order chi connectivity index (χ0) is 20.1. The first kappa shape index (κ1) is 21.8. The van der Waals surface area contributed by atoms with Gasteiger partial charge in [-0.3, -0.25) is 29.0 Å². The van der Waals surface area contributed by atoms with E-state index in [0.29, 0.717) is 13.1 Å². The lowest BCUT2D eigenvalue weighted by Gasteiger charge is -2.40. The van der Waals surface area contributed by atoms with Crippen LogP contribution in [0.4, 0.5) is 0 Å². The van der Waals surface area contributed by atoms with Crippen molar-refractivity contribution in [3.8, 4) is 0 Å². The van der Waals surface area contributed by atoms with Gasteiger partial charge in [0, 0.05) is 39.0 Å². The molecule has 4 N–H and O–H groups in total. The van der Waals surface area contributed by atoms with Crippen LogP contribution >= 0.6 is 0 Å². The Morgan fingerprint density at radius 1 is 0.923 bits per heavy atom. The van der Waals surface area contributed by atoms with Crippen molar-refractivity contribution in [3.63, 3.8) is 0 Å². The summed E-state index contributed by atoms with van der Waals surface area (Å²) in [4.78, 5) is 48.2. The van der Waals surface area contributed by atoms with Crippen molar-refractivity contribution in [2.45, 2.75) is 32.7 Å². The summed E-state index contributed by atoms with van der Waals surface area (Å²) in [6.45, 7) is 3.85. The molecule has 0 bridgehead atoms. The van der Waals surface area contributed by atoms with Crippen molar-refractivity contribution in [2.24, 2.45) is 11.3 Å². The number of carboxylic acids is 4. The molecule has 1 heterocycles. The maximum atomic E-state index is 11.4. The predicted octanol–water partition coefficient (Wildman–Crippen LogP) is -0.266. The molecular weight excluding hydrogens is 348 g/mol. The summed E-state index contributed by atoms with van der Waals surface area (Å²) in [6.07, 6.45) is -0.780. The Morgan fingerprint density at radius 3 is 1.88 bits per heavy atom. The number of aliphatic carboxylic acids is 4. The Kier molecular flexibility index (Phi) is 7.52. The largest absolute Gasteiger partial charge is 0.481 e. The van der Waals surface area contributed by atoms with Crippen LogP contribution in [0.2, 0.25) is 0 Å². The van der Waals surface area contributed by atoms with E-state index in [1.165, 1.54) is 6.92 Å². The Morgan fingerprint density at radius 2 is 1.46 bits per heavy atom. The molecule has 1 rings (SSSR count). The maximum absolute atomic E-state index is 11.4. The maximum Gasteiger partial charge on any atom is 0.320 e. The van der Waals surface area contributed by atoms with Gasteiger partial charge in [0.1, 0.15) is 6.04 Å². The SMILES string of the molecule is CC(C(=O)O)N1CCN(CC(=O)O)CC(C)(C(CC(=O)O)CC(=O)O)C1. The van der Waals surface area contributed by atoms with Crippen LogP contribution < -0.4 is 0 Å². The first-order chi connectivity index (χ1) is 11.9. The van der Waals surface area contributed by atoms with Gasteiger partial charge < -0.3 is 20.4 Å². The fourth-order valence-corrected chi connectivity index (χ4v) is 3.51. The molecule has 10 heteroatoms. The van der Waals surface area contributed by atoms with Gasteiger partial charge in [-0.05, 0) is 18.3 Å². The number of rotatable bonds is 9. The van der Waals surface area contributed by atoms with Crippen LogP contribution in [0.3, 0.4) is 0 Å². The molecule has 0 radical (unpaired) electrons. The second-order valence-electron chi connectivity index (χ2n) is 7.14. The molecule has 0 aromatic heterocycles. The quantitative estimate of drug-likeness (QED) is 0.424. The molecular formula is C16H26N2O8. The highest BCUT2D eigenvalue weighted by atomic mass is 16.4. The molecule has 0 amide bonds. The first-order valence-electron chi connectivity index (χ1n) is 8.29. The molecule has 0 aromatic rings. The van der Waals surface area contributed by atoms with Crippen LogP contribution in [0.15, 0.2) is 0 Å². The topological polar surface area (TPSA) is 156 Å². The molecule has 0 aliphatic carbocycles. The van der Waals surface area contributed by atoms with Crippen LogP contribution in [0, 0.1) is 11.3 Å². The predicted molar refractivity (Wildman–Crippen MR) is 88.8 cm³/mol. The number of nitrogens with zero attached hydrogens (tertiary/aromatic N) is 2. The van der Waals surface area contributed by atoms with Crippen molar-refractivity contribution >= 4 is 23.9 Å². The lowest BCUT2D eigenvalue weighted by molar-refractivity contribution is -0.146. The minimum absolute atomic E-state index is 0.168. The minimum Gasteiger partial charge on any atom is -0.481 e. The van der Waals surface area contributed by atoms with Crippen LogP contribution in [-0.4, -0.2) is 92.9 Å². The van der Waals surface area contributed by atoms with Crippen LogP contribution in [0.25, 0.3) is 0 Å². The fourth-order valence-electron chi connectivity index (χ4n) is 3.51. The Bertz CT molecular complexity index is 550. The van der Waals surface area contributed by atoms with Gasteiger partial charge >= 0.3 is 23.9 Å². The van der Waals surface area contributed by atoms with Crippen LogP contribution in [0.5, 0.6) is 0 Å². The van der Waals surface area contributed by atoms with E-state index in [0.717, 1.165) is 0 Å². The normalized spacial score (nSPS) is 23.3. The molecule has 10 nitrogen and oxygen atoms in total. The highest BCUT2D eigenvalue weighted by Crippen LogP contribution is 2.36. The monoisotopic (exact) mass is 374 g/mol. The van der Waals surface area contributed by atoms with Crippen molar-refractivity contribution in [3.05, 3.63) is 0 Å². The summed E-state index contributed by atoms with van der Waals surface area (Å²) >= 11 is 0. The van der Waals surface area contributed by atoms with Gasteiger partial charge in [-0.2, -0.15) is 0 Å². The minimum atomic E-state index is -1.15. The third-order valence-corrected chi connectivity index (χ3v) is 4.94. The van der Waals surface area contributed by atoms with E-state index in [2.05, 4.69) is 0 Å². The first-order valence-corrected chi connectivity index (χ1v) is 8.29. The molecule has 1 fully saturated rings. The van der Waals surface area contributed by atoms with Crippen molar-refractivity contribution in [2.75, 3.05) is 32.7 Å². The van der Waals surface area contributed by atoms with Gasteiger partial charge in [-0.1, -0.05) is 6.92 Å². The second-order valence-corrected chi connectivity index (χ2v) is 7.14. The summed E-state index contributed by atoms with van der Waals surface area (Å²) < 4.78 is 0. The molecule has 148 valence electrons. The van der Waals surface area contributed by atoms with Crippen molar-refractivity contribution in [1.82, 2.24) is 9.80 Å². The number of carbonyl (C=O) groups is 4. The zero-order valence-electron chi connectivity index (χ0n) is 14.9. The lowest BCUT2D eigenvalue weighted by atomic mass is 9.72. The van der Waals surface area contributed by atoms with E-state index in [-0.39, 0.29) is 32.5 Å². The van der Waals surface area contributed by atoms with Gasteiger partial charge in [-0.25, -0.2) is 0 Å². The Hall–Kier alpha value is -2.20.